The van der Waals surface area contributed by atoms with Gasteiger partial charge < -0.3 is 10.2 Å². The van der Waals surface area contributed by atoms with Crippen LogP contribution in [0.4, 0.5) is 5.69 Å². The van der Waals surface area contributed by atoms with E-state index in [2.05, 4.69) is 10.3 Å². The normalized spacial score (nSPS) is 9.62. The molecule has 16 heavy (non-hydrogen) atoms. The zero-order chi connectivity index (χ0) is 12.0. The van der Waals surface area contributed by atoms with E-state index in [1.54, 1.807) is 18.3 Å². The molecule has 0 aromatic carbocycles. The first-order chi connectivity index (χ1) is 7.69. The molecule has 86 valence electrons. The zero-order valence-electron chi connectivity index (χ0n) is 9.43. The summed E-state index contributed by atoms with van der Waals surface area (Å²) in [4.78, 5) is 28.5. The van der Waals surface area contributed by atoms with Crippen LogP contribution in [0.5, 0.6) is 0 Å². The fraction of sp³-hybridized carbons (Fsp3) is 0.364. The third-order valence-corrected chi connectivity index (χ3v) is 2.16. The molecule has 0 aliphatic rings. The highest BCUT2D eigenvalue weighted by Gasteiger charge is 2.18. The lowest BCUT2D eigenvalue weighted by Gasteiger charge is -2.17. The Balaban J connectivity index is 2.62. The van der Waals surface area contributed by atoms with Gasteiger partial charge in [0.1, 0.15) is 0 Å². The third kappa shape index (κ3) is 3.05. The third-order valence-electron chi connectivity index (χ3n) is 2.16. The SMILES string of the molecule is CCN(CC)C(=O)C(=O)Nc1cccnc1. The number of likely N-dealkylation sites (N-methyl/N-ethyl adjacent to an activating group) is 1. The molecule has 0 radical (unpaired) electrons. The first-order valence-corrected chi connectivity index (χ1v) is 5.19. The maximum absolute atomic E-state index is 11.6. The number of hydrogen-bond acceptors (Lipinski definition) is 3. The fourth-order valence-corrected chi connectivity index (χ4v) is 1.28. The van der Waals surface area contributed by atoms with E-state index in [1.165, 1.54) is 11.1 Å². The summed E-state index contributed by atoms with van der Waals surface area (Å²) in [6.07, 6.45) is 3.09. The minimum absolute atomic E-state index is 0.520. The Hall–Kier alpha value is -1.91. The molecule has 0 spiro atoms. The molecule has 0 fully saturated rings. The number of carbonyl (C=O) groups excluding carboxylic acids is 2. The Morgan fingerprint density at radius 2 is 2.06 bits per heavy atom. The van der Waals surface area contributed by atoms with Crippen LogP contribution < -0.4 is 5.32 Å². The Bertz CT molecular complexity index is 361. The fourth-order valence-electron chi connectivity index (χ4n) is 1.28. The predicted molar refractivity (Wildman–Crippen MR) is 60.8 cm³/mol. The number of anilines is 1. The number of carbonyl (C=O) groups is 2. The number of rotatable bonds is 3. The van der Waals surface area contributed by atoms with Gasteiger partial charge in [0.05, 0.1) is 11.9 Å². The molecule has 0 bridgehead atoms. The van der Waals surface area contributed by atoms with E-state index in [4.69, 9.17) is 0 Å². The Morgan fingerprint density at radius 3 is 2.56 bits per heavy atom. The van der Waals surface area contributed by atoms with E-state index in [0.717, 1.165) is 0 Å². The summed E-state index contributed by atoms with van der Waals surface area (Å²) in [5.74, 6) is -1.15. The number of amides is 2. The molecule has 1 aromatic heterocycles. The molecule has 0 saturated carbocycles. The van der Waals surface area contributed by atoms with Crippen molar-refractivity contribution in [3.8, 4) is 0 Å². The first kappa shape index (κ1) is 12.2. The van der Waals surface area contributed by atoms with Gasteiger partial charge in [-0.1, -0.05) is 0 Å². The Labute approximate surface area is 94.5 Å². The van der Waals surface area contributed by atoms with Gasteiger partial charge >= 0.3 is 11.8 Å². The summed E-state index contributed by atoms with van der Waals surface area (Å²) in [7, 11) is 0. The lowest BCUT2D eigenvalue weighted by molar-refractivity contribution is -0.142. The summed E-state index contributed by atoms with van der Waals surface area (Å²) in [5.41, 5.74) is 0.521. The molecule has 1 aromatic rings. The Kier molecular flexibility index (Phi) is 4.44. The second-order valence-corrected chi connectivity index (χ2v) is 3.17. The van der Waals surface area contributed by atoms with Crippen LogP contribution in [0.15, 0.2) is 24.5 Å². The van der Waals surface area contributed by atoms with E-state index >= 15 is 0 Å². The van der Waals surface area contributed by atoms with Crippen molar-refractivity contribution < 1.29 is 9.59 Å². The highest BCUT2D eigenvalue weighted by molar-refractivity contribution is 6.39. The highest BCUT2D eigenvalue weighted by atomic mass is 16.2. The molecule has 1 heterocycles. The molecule has 2 amide bonds. The highest BCUT2D eigenvalue weighted by Crippen LogP contribution is 2.03. The average Bonchev–Trinajstić information content (AvgIpc) is 2.31. The van der Waals surface area contributed by atoms with Crippen molar-refractivity contribution in [1.29, 1.82) is 0 Å². The summed E-state index contributed by atoms with van der Waals surface area (Å²) >= 11 is 0. The average molecular weight is 221 g/mol. The van der Waals surface area contributed by atoms with Gasteiger partial charge in [-0.15, -0.1) is 0 Å². The van der Waals surface area contributed by atoms with E-state index < -0.39 is 11.8 Å². The van der Waals surface area contributed by atoms with Crippen LogP contribution in [0.1, 0.15) is 13.8 Å². The van der Waals surface area contributed by atoms with Gasteiger partial charge in [0.15, 0.2) is 0 Å². The molecule has 5 heteroatoms. The monoisotopic (exact) mass is 221 g/mol. The number of pyridine rings is 1. The van der Waals surface area contributed by atoms with Gasteiger partial charge in [-0.25, -0.2) is 0 Å². The van der Waals surface area contributed by atoms with E-state index in [0.29, 0.717) is 18.8 Å². The van der Waals surface area contributed by atoms with Crippen molar-refractivity contribution in [3.05, 3.63) is 24.5 Å². The zero-order valence-corrected chi connectivity index (χ0v) is 9.43. The van der Waals surface area contributed by atoms with Crippen LogP contribution in [0, 0.1) is 0 Å². The van der Waals surface area contributed by atoms with E-state index in [1.807, 2.05) is 13.8 Å². The van der Waals surface area contributed by atoms with Crippen LogP contribution in [0.3, 0.4) is 0 Å². The van der Waals surface area contributed by atoms with E-state index in [-0.39, 0.29) is 0 Å². The molecule has 1 N–H and O–H groups in total. The predicted octanol–water partition coefficient (Wildman–Crippen LogP) is 0.888. The number of hydrogen-bond donors (Lipinski definition) is 1. The minimum atomic E-state index is -0.628. The van der Waals surface area contributed by atoms with Gasteiger partial charge in [-0.3, -0.25) is 14.6 Å². The first-order valence-electron chi connectivity index (χ1n) is 5.19. The van der Waals surface area contributed by atoms with Crippen molar-refractivity contribution in [2.24, 2.45) is 0 Å². The summed E-state index contributed by atoms with van der Waals surface area (Å²) in [5, 5.41) is 2.50. The van der Waals surface area contributed by atoms with Gasteiger partial charge in [-0.2, -0.15) is 0 Å². The molecular formula is C11H15N3O2. The Morgan fingerprint density at radius 1 is 1.38 bits per heavy atom. The molecular weight excluding hydrogens is 206 g/mol. The molecule has 0 saturated heterocycles. The minimum Gasteiger partial charge on any atom is -0.335 e. The molecule has 5 nitrogen and oxygen atoms in total. The standard InChI is InChI=1S/C11H15N3O2/c1-3-14(4-2)11(16)10(15)13-9-6-5-7-12-8-9/h5-8H,3-4H2,1-2H3,(H,13,15). The smallest absolute Gasteiger partial charge is 0.313 e. The van der Waals surface area contributed by atoms with Crippen LogP contribution in [-0.2, 0) is 9.59 Å². The summed E-state index contributed by atoms with van der Waals surface area (Å²) in [6.45, 7) is 4.71. The van der Waals surface area contributed by atoms with Gasteiger partial charge in [0.2, 0.25) is 0 Å². The van der Waals surface area contributed by atoms with Crippen LogP contribution >= 0.6 is 0 Å². The van der Waals surface area contributed by atoms with Gasteiger partial charge in [0, 0.05) is 19.3 Å². The van der Waals surface area contributed by atoms with Crippen molar-refractivity contribution in [3.63, 3.8) is 0 Å². The van der Waals surface area contributed by atoms with Gasteiger partial charge in [0.25, 0.3) is 0 Å². The lowest BCUT2D eigenvalue weighted by atomic mass is 10.4. The number of aromatic nitrogens is 1. The van der Waals surface area contributed by atoms with Crippen LogP contribution in [0.25, 0.3) is 0 Å². The van der Waals surface area contributed by atoms with Crippen molar-refractivity contribution >= 4 is 17.5 Å². The van der Waals surface area contributed by atoms with Crippen molar-refractivity contribution in [2.75, 3.05) is 18.4 Å². The van der Waals surface area contributed by atoms with Gasteiger partial charge in [-0.05, 0) is 26.0 Å². The molecule has 0 unspecified atom stereocenters. The maximum atomic E-state index is 11.6. The van der Waals surface area contributed by atoms with Crippen molar-refractivity contribution in [1.82, 2.24) is 9.88 Å². The molecule has 0 atom stereocenters. The lowest BCUT2D eigenvalue weighted by Crippen LogP contribution is -2.39. The molecule has 0 aliphatic heterocycles. The quantitative estimate of drug-likeness (QED) is 0.771. The van der Waals surface area contributed by atoms with E-state index in [9.17, 15) is 9.59 Å². The number of nitrogens with zero attached hydrogens (tertiary/aromatic N) is 2. The largest absolute Gasteiger partial charge is 0.335 e. The maximum Gasteiger partial charge on any atom is 0.313 e. The molecule has 1 rings (SSSR count). The van der Waals surface area contributed by atoms with Crippen molar-refractivity contribution in [2.45, 2.75) is 13.8 Å². The number of nitrogens with one attached hydrogen (secondary N) is 1. The summed E-state index contributed by atoms with van der Waals surface area (Å²) in [6, 6.07) is 3.37. The topological polar surface area (TPSA) is 62.3 Å². The summed E-state index contributed by atoms with van der Waals surface area (Å²) < 4.78 is 0. The second-order valence-electron chi connectivity index (χ2n) is 3.17. The van der Waals surface area contributed by atoms with Crippen LogP contribution in [-0.4, -0.2) is 34.8 Å². The molecule has 0 aliphatic carbocycles. The van der Waals surface area contributed by atoms with Crippen LogP contribution in [0.2, 0.25) is 0 Å². The second kappa shape index (κ2) is 5.85.